The van der Waals surface area contributed by atoms with Crippen molar-refractivity contribution in [1.29, 1.82) is 0 Å². The first-order valence-electron chi connectivity index (χ1n) is 10.8. The Morgan fingerprint density at radius 2 is 2.00 bits per heavy atom. The van der Waals surface area contributed by atoms with Gasteiger partial charge in [0.05, 0.1) is 20.1 Å². The molecule has 2 N–H and O–H groups in total. The minimum atomic E-state index is -3.83. The first-order chi connectivity index (χ1) is 14.1. The number of carbonyl (C=O) groups excluding carboxylic acids is 1. The zero-order valence-electron chi connectivity index (χ0n) is 18.4. The number of hydrogen-bond donors (Lipinski definition) is 2. The summed E-state index contributed by atoms with van der Waals surface area (Å²) >= 11 is 1.46. The van der Waals surface area contributed by atoms with Gasteiger partial charge in [0.1, 0.15) is 6.04 Å². The number of rotatable bonds is 7. The van der Waals surface area contributed by atoms with Crippen molar-refractivity contribution in [2.75, 3.05) is 0 Å². The first kappa shape index (κ1) is 23.2. The van der Waals surface area contributed by atoms with Gasteiger partial charge in [-0.25, -0.2) is 13.4 Å². The standard InChI is InChI=1S/C22H33N3O3S2/c1-13(2)11-20(22(26)24-18-8-6-7-14(3)15(18)4)25-30(27,28)17-9-10-19-21(12-17)29-16(5)23-19/h9-10,12-15,18,20,25H,6-8,11H2,1-5H3,(H,24,26)/t14-,15-,18+,20+/m0/s1. The highest BCUT2D eigenvalue weighted by Crippen LogP contribution is 2.30. The number of amides is 1. The molecule has 166 valence electrons. The van der Waals surface area contributed by atoms with E-state index < -0.39 is 16.1 Å². The van der Waals surface area contributed by atoms with Crippen molar-refractivity contribution in [3.05, 3.63) is 23.2 Å². The van der Waals surface area contributed by atoms with Crippen LogP contribution in [0.1, 0.15) is 58.4 Å². The molecule has 8 heteroatoms. The number of carbonyl (C=O) groups is 1. The van der Waals surface area contributed by atoms with E-state index in [1.54, 1.807) is 18.2 Å². The zero-order chi connectivity index (χ0) is 22.1. The summed E-state index contributed by atoms with van der Waals surface area (Å²) in [5.74, 6) is 0.889. The smallest absolute Gasteiger partial charge is 0.241 e. The van der Waals surface area contributed by atoms with Crippen LogP contribution in [0.15, 0.2) is 23.1 Å². The molecule has 1 saturated carbocycles. The Labute approximate surface area is 183 Å². The molecule has 1 fully saturated rings. The van der Waals surface area contributed by atoms with Crippen molar-refractivity contribution in [3.8, 4) is 0 Å². The summed E-state index contributed by atoms with van der Waals surface area (Å²) in [6.45, 7) is 10.3. The topological polar surface area (TPSA) is 88.2 Å². The number of benzene rings is 1. The quantitative estimate of drug-likeness (QED) is 0.659. The number of fused-ring (bicyclic) bond motifs is 1. The van der Waals surface area contributed by atoms with E-state index in [0.717, 1.165) is 28.1 Å². The molecule has 1 heterocycles. The second kappa shape index (κ2) is 9.32. The van der Waals surface area contributed by atoms with Crippen molar-refractivity contribution in [2.45, 2.75) is 77.3 Å². The summed E-state index contributed by atoms with van der Waals surface area (Å²) in [6, 6.07) is 4.21. The maximum Gasteiger partial charge on any atom is 0.241 e. The highest BCUT2D eigenvalue weighted by molar-refractivity contribution is 7.89. The van der Waals surface area contributed by atoms with E-state index in [9.17, 15) is 13.2 Å². The van der Waals surface area contributed by atoms with Gasteiger partial charge in [0, 0.05) is 6.04 Å². The van der Waals surface area contributed by atoms with Crippen LogP contribution in [0.4, 0.5) is 0 Å². The van der Waals surface area contributed by atoms with Gasteiger partial charge in [0.15, 0.2) is 0 Å². The summed E-state index contributed by atoms with van der Waals surface area (Å²) in [6.07, 6.45) is 3.66. The van der Waals surface area contributed by atoms with Crippen LogP contribution in [0.3, 0.4) is 0 Å². The van der Waals surface area contributed by atoms with Gasteiger partial charge in [-0.2, -0.15) is 4.72 Å². The molecule has 0 unspecified atom stereocenters. The van der Waals surface area contributed by atoms with Crippen LogP contribution >= 0.6 is 11.3 Å². The van der Waals surface area contributed by atoms with E-state index in [4.69, 9.17) is 0 Å². The summed E-state index contributed by atoms with van der Waals surface area (Å²) < 4.78 is 29.7. The lowest BCUT2D eigenvalue weighted by molar-refractivity contribution is -0.124. The number of nitrogens with zero attached hydrogens (tertiary/aromatic N) is 1. The molecular formula is C22H33N3O3S2. The molecule has 0 aliphatic heterocycles. The Morgan fingerprint density at radius 1 is 1.27 bits per heavy atom. The fourth-order valence-corrected chi connectivity index (χ4v) is 6.37. The van der Waals surface area contributed by atoms with Crippen LogP contribution in [0.2, 0.25) is 0 Å². The fourth-order valence-electron chi connectivity index (χ4n) is 4.19. The molecule has 0 radical (unpaired) electrons. The SMILES string of the molecule is Cc1nc2ccc(S(=O)(=O)N[C@H](CC(C)C)C(=O)N[C@@H]3CCC[C@H](C)[C@@H]3C)cc2s1. The average molecular weight is 452 g/mol. The highest BCUT2D eigenvalue weighted by atomic mass is 32.2. The predicted molar refractivity (Wildman–Crippen MR) is 122 cm³/mol. The molecular weight excluding hydrogens is 418 g/mol. The van der Waals surface area contributed by atoms with Gasteiger partial charge in [-0.1, -0.05) is 40.5 Å². The molecule has 1 aromatic carbocycles. The lowest BCUT2D eigenvalue weighted by Gasteiger charge is -2.35. The van der Waals surface area contributed by atoms with E-state index in [1.165, 1.54) is 17.8 Å². The molecule has 0 saturated heterocycles. The Hall–Kier alpha value is -1.51. The molecule has 30 heavy (non-hydrogen) atoms. The molecule has 0 spiro atoms. The lowest BCUT2D eigenvalue weighted by atomic mass is 9.78. The number of aryl methyl sites for hydroxylation is 1. The van der Waals surface area contributed by atoms with Crippen molar-refractivity contribution in [3.63, 3.8) is 0 Å². The Bertz CT molecular complexity index is 1000. The molecule has 1 aliphatic rings. The summed E-state index contributed by atoms with van der Waals surface area (Å²) in [4.78, 5) is 17.6. The summed E-state index contributed by atoms with van der Waals surface area (Å²) in [5.41, 5.74) is 0.785. The number of hydrogen-bond acceptors (Lipinski definition) is 5. The van der Waals surface area contributed by atoms with Gasteiger partial charge < -0.3 is 5.32 Å². The molecule has 3 rings (SSSR count). The van der Waals surface area contributed by atoms with Crippen LogP contribution in [0.25, 0.3) is 10.2 Å². The van der Waals surface area contributed by atoms with E-state index in [2.05, 4.69) is 28.9 Å². The Balaban J connectivity index is 1.79. The van der Waals surface area contributed by atoms with E-state index in [-0.39, 0.29) is 22.8 Å². The molecule has 4 atom stereocenters. The minimum Gasteiger partial charge on any atom is -0.352 e. The largest absolute Gasteiger partial charge is 0.352 e. The third-order valence-electron chi connectivity index (χ3n) is 6.13. The Morgan fingerprint density at radius 3 is 2.70 bits per heavy atom. The Kier molecular flexibility index (Phi) is 7.20. The van der Waals surface area contributed by atoms with Crippen molar-refractivity contribution < 1.29 is 13.2 Å². The van der Waals surface area contributed by atoms with E-state index in [1.807, 2.05) is 20.8 Å². The van der Waals surface area contributed by atoms with Crippen molar-refractivity contribution in [2.24, 2.45) is 17.8 Å². The maximum atomic E-state index is 13.1. The first-order valence-corrected chi connectivity index (χ1v) is 13.1. The number of aromatic nitrogens is 1. The summed E-state index contributed by atoms with van der Waals surface area (Å²) in [5, 5.41) is 4.03. The van der Waals surface area contributed by atoms with E-state index >= 15 is 0 Å². The second-order valence-corrected chi connectivity index (χ2v) is 12.0. The van der Waals surface area contributed by atoms with Crippen LogP contribution < -0.4 is 10.0 Å². The molecule has 1 amide bonds. The second-order valence-electron chi connectivity index (χ2n) is 9.05. The third kappa shape index (κ3) is 5.39. The summed E-state index contributed by atoms with van der Waals surface area (Å²) in [7, 11) is -3.83. The fraction of sp³-hybridized carbons (Fsp3) is 0.636. The molecule has 6 nitrogen and oxygen atoms in total. The number of sulfonamides is 1. The van der Waals surface area contributed by atoms with Crippen LogP contribution in [-0.2, 0) is 14.8 Å². The van der Waals surface area contributed by atoms with Crippen LogP contribution in [0.5, 0.6) is 0 Å². The van der Waals surface area contributed by atoms with Crippen LogP contribution in [0, 0.1) is 24.7 Å². The van der Waals surface area contributed by atoms with Crippen molar-refractivity contribution in [1.82, 2.24) is 15.0 Å². The number of nitrogens with one attached hydrogen (secondary N) is 2. The average Bonchev–Trinajstić information content (AvgIpc) is 3.03. The van der Waals surface area contributed by atoms with Gasteiger partial charge in [-0.15, -0.1) is 11.3 Å². The molecule has 1 aromatic heterocycles. The van der Waals surface area contributed by atoms with Gasteiger partial charge in [-0.05, 0) is 55.7 Å². The zero-order valence-corrected chi connectivity index (χ0v) is 20.1. The monoisotopic (exact) mass is 451 g/mol. The molecule has 2 aromatic rings. The normalized spacial score (nSPS) is 23.6. The predicted octanol–water partition coefficient (Wildman–Crippen LogP) is 4.24. The van der Waals surface area contributed by atoms with Gasteiger partial charge in [0.25, 0.3) is 0 Å². The van der Waals surface area contributed by atoms with Gasteiger partial charge in [-0.3, -0.25) is 4.79 Å². The van der Waals surface area contributed by atoms with E-state index in [0.29, 0.717) is 18.3 Å². The maximum absolute atomic E-state index is 13.1. The molecule has 0 bridgehead atoms. The third-order valence-corrected chi connectivity index (χ3v) is 8.54. The van der Waals surface area contributed by atoms with Crippen LogP contribution in [-0.4, -0.2) is 31.4 Å². The number of thiazole rings is 1. The van der Waals surface area contributed by atoms with Gasteiger partial charge in [0.2, 0.25) is 15.9 Å². The highest BCUT2D eigenvalue weighted by Gasteiger charge is 2.32. The lowest BCUT2D eigenvalue weighted by Crippen LogP contribution is -2.52. The van der Waals surface area contributed by atoms with Crippen molar-refractivity contribution >= 4 is 37.5 Å². The minimum absolute atomic E-state index is 0.0944. The van der Waals surface area contributed by atoms with Gasteiger partial charge >= 0.3 is 0 Å². The molecule has 1 aliphatic carbocycles.